The molecular formula is C10H16N5O13P3. The van der Waals surface area contributed by atoms with Gasteiger partial charge in [-0.3, -0.25) is 18.9 Å². The summed E-state index contributed by atoms with van der Waals surface area (Å²) in [6.07, 6.45) is -1.33. The summed E-state index contributed by atoms with van der Waals surface area (Å²) in [5.41, 5.74) is 7.32. The summed E-state index contributed by atoms with van der Waals surface area (Å²) in [5.74, 6) is 0. The van der Waals surface area contributed by atoms with E-state index >= 15 is 0 Å². The maximum absolute atomic E-state index is 12.0. The SMILES string of the molecule is Cc1cn([C@H]2O[C@@H](COP(=O)(O)OP(=O)(O)OP(=O)(O)O)C[C@@H]2N=[N+]=[N-])c(=O)[nH]c1=O. The van der Waals surface area contributed by atoms with Crippen molar-refractivity contribution < 1.29 is 51.2 Å². The fourth-order valence-electron chi connectivity index (χ4n) is 2.51. The van der Waals surface area contributed by atoms with Gasteiger partial charge in [-0.05, 0) is 18.9 Å². The van der Waals surface area contributed by atoms with E-state index in [1.165, 1.54) is 6.92 Å². The Hall–Kier alpha value is -1.64. The monoisotopic (exact) mass is 507 g/mol. The zero-order chi connectivity index (χ0) is 23.6. The highest BCUT2D eigenvalue weighted by Crippen LogP contribution is 2.66. The van der Waals surface area contributed by atoms with E-state index in [1.807, 2.05) is 4.98 Å². The number of azide groups is 1. The van der Waals surface area contributed by atoms with Crippen molar-refractivity contribution in [2.75, 3.05) is 6.61 Å². The number of H-pyrrole nitrogens is 1. The molecule has 0 aliphatic carbocycles. The van der Waals surface area contributed by atoms with Gasteiger partial charge < -0.3 is 24.3 Å². The molecule has 0 spiro atoms. The first kappa shape index (κ1) is 25.6. The second kappa shape index (κ2) is 9.46. The fourth-order valence-corrected chi connectivity index (χ4v) is 5.56. The molecule has 0 amide bonds. The number of hydrogen-bond donors (Lipinski definition) is 5. The normalized spacial score (nSPS) is 25.4. The molecule has 18 nitrogen and oxygen atoms in total. The lowest BCUT2D eigenvalue weighted by atomic mass is 10.1. The van der Waals surface area contributed by atoms with Gasteiger partial charge in [0, 0.05) is 16.7 Å². The number of rotatable bonds is 9. The molecule has 31 heavy (non-hydrogen) atoms. The molecule has 1 saturated heterocycles. The second-order valence-electron chi connectivity index (χ2n) is 6.02. The molecule has 1 fully saturated rings. The molecule has 2 rings (SSSR count). The van der Waals surface area contributed by atoms with Crippen LogP contribution in [0.4, 0.5) is 0 Å². The van der Waals surface area contributed by atoms with Crippen molar-refractivity contribution in [1.29, 1.82) is 0 Å². The Morgan fingerprint density at radius 3 is 2.48 bits per heavy atom. The van der Waals surface area contributed by atoms with Crippen LogP contribution in [0.15, 0.2) is 20.9 Å². The lowest BCUT2D eigenvalue weighted by molar-refractivity contribution is -0.0276. The molecule has 5 N–H and O–H groups in total. The predicted octanol–water partition coefficient (Wildman–Crippen LogP) is 0.155. The molecule has 0 saturated carbocycles. The highest BCUT2D eigenvalue weighted by molar-refractivity contribution is 7.66. The molecule has 1 aromatic rings. The van der Waals surface area contributed by atoms with Gasteiger partial charge in [-0.25, -0.2) is 18.5 Å². The molecule has 0 radical (unpaired) electrons. The van der Waals surface area contributed by atoms with Crippen LogP contribution in [0.25, 0.3) is 10.4 Å². The first-order valence-corrected chi connectivity index (χ1v) is 12.4. The van der Waals surface area contributed by atoms with Crippen molar-refractivity contribution in [3.63, 3.8) is 0 Å². The van der Waals surface area contributed by atoms with Crippen LogP contribution in [-0.4, -0.2) is 47.9 Å². The van der Waals surface area contributed by atoms with E-state index in [0.717, 1.165) is 10.8 Å². The molecule has 1 aromatic heterocycles. The quantitative estimate of drug-likeness (QED) is 0.129. The van der Waals surface area contributed by atoms with Gasteiger partial charge in [0.25, 0.3) is 5.56 Å². The molecule has 0 aromatic carbocycles. The third kappa shape index (κ3) is 7.47. The molecule has 5 atom stereocenters. The Morgan fingerprint density at radius 2 is 1.90 bits per heavy atom. The molecular weight excluding hydrogens is 491 g/mol. The molecule has 1 aliphatic rings. The summed E-state index contributed by atoms with van der Waals surface area (Å²) in [6, 6.07) is -1.01. The van der Waals surface area contributed by atoms with Crippen LogP contribution in [0, 0.1) is 6.92 Å². The van der Waals surface area contributed by atoms with Crippen molar-refractivity contribution in [3.8, 4) is 0 Å². The van der Waals surface area contributed by atoms with Crippen LogP contribution in [0.3, 0.4) is 0 Å². The Labute approximate surface area is 171 Å². The molecule has 174 valence electrons. The molecule has 0 bridgehead atoms. The minimum Gasteiger partial charge on any atom is -0.352 e. The highest BCUT2D eigenvalue weighted by Gasteiger charge is 2.42. The number of nitrogens with one attached hydrogen (secondary N) is 1. The van der Waals surface area contributed by atoms with E-state index < -0.39 is 59.7 Å². The minimum atomic E-state index is -5.68. The molecule has 2 heterocycles. The largest absolute Gasteiger partial charge is 0.490 e. The van der Waals surface area contributed by atoms with E-state index in [1.54, 1.807) is 0 Å². The Morgan fingerprint density at radius 1 is 1.26 bits per heavy atom. The van der Waals surface area contributed by atoms with Gasteiger partial charge in [0.15, 0.2) is 0 Å². The number of aromatic nitrogens is 2. The molecule has 21 heteroatoms. The standard InChI is InChI=1S/C10H16N5O13P3/c1-5-3-15(10(17)12-8(5)16)9-7(13-14-11)2-6(26-9)4-25-30(21,22)28-31(23,24)27-29(18,19)20/h3,6-7,9H,2,4H2,1H3,(H,21,22)(H,23,24)(H,12,16,17)(H2,18,19,20)/t6-,7+,9+/m1/s1. The van der Waals surface area contributed by atoms with Crippen LogP contribution >= 0.6 is 23.5 Å². The summed E-state index contributed by atoms with van der Waals surface area (Å²) >= 11 is 0. The number of phosphoric acid groups is 3. The first-order valence-electron chi connectivity index (χ1n) is 7.92. The van der Waals surface area contributed by atoms with Gasteiger partial charge in [-0.15, -0.1) is 0 Å². The second-order valence-corrected chi connectivity index (χ2v) is 10.4. The first-order chi connectivity index (χ1) is 14.1. The summed E-state index contributed by atoms with van der Waals surface area (Å²) in [5, 5.41) is 3.46. The van der Waals surface area contributed by atoms with Crippen LogP contribution < -0.4 is 11.2 Å². The lowest BCUT2D eigenvalue weighted by Gasteiger charge is -2.19. The highest BCUT2D eigenvalue weighted by atomic mass is 31.3. The number of aryl methyl sites for hydroxylation is 1. The number of nitrogens with zero attached hydrogens (tertiary/aromatic N) is 4. The summed E-state index contributed by atoms with van der Waals surface area (Å²) in [4.78, 5) is 63.8. The predicted molar refractivity (Wildman–Crippen MR) is 97.3 cm³/mol. The third-order valence-corrected chi connectivity index (χ3v) is 7.43. The van der Waals surface area contributed by atoms with E-state index in [9.17, 15) is 28.2 Å². The summed E-state index contributed by atoms with van der Waals surface area (Å²) in [7, 11) is -16.6. The number of phosphoric ester groups is 1. The smallest absolute Gasteiger partial charge is 0.352 e. The summed E-state index contributed by atoms with van der Waals surface area (Å²) in [6.45, 7) is 0.605. The van der Waals surface area contributed by atoms with Crippen molar-refractivity contribution in [2.45, 2.75) is 31.7 Å². The molecule has 1 aliphatic heterocycles. The van der Waals surface area contributed by atoms with Gasteiger partial charge in [0.05, 0.1) is 18.8 Å². The Bertz CT molecular complexity index is 1140. The van der Waals surface area contributed by atoms with Gasteiger partial charge >= 0.3 is 29.2 Å². The van der Waals surface area contributed by atoms with Crippen molar-refractivity contribution in [2.24, 2.45) is 5.11 Å². The lowest BCUT2D eigenvalue weighted by Crippen LogP contribution is -2.36. The number of aromatic amines is 1. The van der Waals surface area contributed by atoms with Crippen LogP contribution in [-0.2, 0) is 31.6 Å². The van der Waals surface area contributed by atoms with Crippen LogP contribution in [0.1, 0.15) is 18.2 Å². The van der Waals surface area contributed by atoms with Gasteiger partial charge in [0.1, 0.15) is 6.23 Å². The average molecular weight is 507 g/mol. The van der Waals surface area contributed by atoms with E-state index in [4.69, 9.17) is 24.9 Å². The van der Waals surface area contributed by atoms with Gasteiger partial charge in [-0.1, -0.05) is 5.11 Å². The molecule has 2 unspecified atom stereocenters. The van der Waals surface area contributed by atoms with Crippen LogP contribution in [0.5, 0.6) is 0 Å². The van der Waals surface area contributed by atoms with Crippen molar-refractivity contribution in [1.82, 2.24) is 9.55 Å². The van der Waals surface area contributed by atoms with Gasteiger partial charge in [-0.2, -0.15) is 8.62 Å². The van der Waals surface area contributed by atoms with E-state index in [2.05, 4.69) is 23.2 Å². The van der Waals surface area contributed by atoms with Crippen molar-refractivity contribution in [3.05, 3.63) is 43.0 Å². The van der Waals surface area contributed by atoms with E-state index in [-0.39, 0.29) is 12.0 Å². The number of hydrogen-bond acceptors (Lipinski definition) is 10. The zero-order valence-corrected chi connectivity index (χ0v) is 18.0. The van der Waals surface area contributed by atoms with Gasteiger partial charge in [0.2, 0.25) is 0 Å². The summed E-state index contributed by atoms with van der Waals surface area (Å²) < 4.78 is 51.7. The fraction of sp³-hybridized carbons (Fsp3) is 0.600. The van der Waals surface area contributed by atoms with Crippen molar-refractivity contribution >= 4 is 23.5 Å². The number of ether oxygens (including phenoxy) is 1. The Kier molecular flexibility index (Phi) is 7.82. The van der Waals surface area contributed by atoms with E-state index in [0.29, 0.717) is 0 Å². The average Bonchev–Trinajstić information content (AvgIpc) is 2.96. The van der Waals surface area contributed by atoms with Crippen LogP contribution in [0.2, 0.25) is 0 Å². The third-order valence-electron chi connectivity index (χ3n) is 3.62. The zero-order valence-electron chi connectivity index (χ0n) is 15.3. The maximum atomic E-state index is 12.0. The minimum absolute atomic E-state index is 0.139. The maximum Gasteiger partial charge on any atom is 0.490 e. The Balaban J connectivity index is 2.12. The topological polar surface area (TPSA) is 273 Å².